The molecule has 0 aliphatic carbocycles. The van der Waals surface area contributed by atoms with Gasteiger partial charge in [0.1, 0.15) is 11.9 Å². The molecule has 38 heavy (non-hydrogen) atoms. The first kappa shape index (κ1) is 28.4. The van der Waals surface area contributed by atoms with Crippen LogP contribution in [0.5, 0.6) is 0 Å². The summed E-state index contributed by atoms with van der Waals surface area (Å²) in [7, 11) is 1.14. The summed E-state index contributed by atoms with van der Waals surface area (Å²) in [5.41, 5.74) is 1.99. The monoisotopic (exact) mass is 557 g/mol. The van der Waals surface area contributed by atoms with Crippen LogP contribution in [0.3, 0.4) is 0 Å². The number of amides is 3. The Bertz CT molecular complexity index is 1330. The maximum Gasteiger partial charge on any atom is 0.330 e. The summed E-state index contributed by atoms with van der Waals surface area (Å²) >= 11 is 12.1. The Morgan fingerprint density at radius 1 is 0.947 bits per heavy atom. The van der Waals surface area contributed by atoms with E-state index < -0.39 is 29.7 Å². The minimum absolute atomic E-state index is 0.0155. The maximum atomic E-state index is 12.6. The van der Waals surface area contributed by atoms with E-state index >= 15 is 0 Å². The summed E-state index contributed by atoms with van der Waals surface area (Å²) in [5, 5.41) is 10.8. The van der Waals surface area contributed by atoms with Crippen molar-refractivity contribution in [2.45, 2.75) is 13.0 Å². The van der Waals surface area contributed by atoms with E-state index in [0.29, 0.717) is 17.1 Å². The number of nitrogens with zero attached hydrogens (tertiary/aromatic N) is 1. The molecular weight excluding hydrogens is 533 g/mol. The van der Waals surface area contributed by atoms with Gasteiger partial charge in [-0.05, 0) is 55.0 Å². The molecule has 3 amide bonds. The zero-order valence-corrected chi connectivity index (χ0v) is 22.0. The van der Waals surface area contributed by atoms with Gasteiger partial charge in [-0.2, -0.15) is 0 Å². The summed E-state index contributed by atoms with van der Waals surface area (Å²) in [4.78, 5) is 53.9. The highest BCUT2D eigenvalue weighted by Gasteiger charge is 2.25. The lowest BCUT2D eigenvalue weighted by Crippen LogP contribution is -2.50. The Kier molecular flexibility index (Phi) is 10.0. The summed E-state index contributed by atoms with van der Waals surface area (Å²) < 4.78 is 4.71. The molecular formula is C26H25Cl2N5O5. The lowest BCUT2D eigenvalue weighted by Gasteiger charge is -2.18. The second kappa shape index (κ2) is 13.4. The average Bonchev–Trinajstić information content (AvgIpc) is 2.89. The van der Waals surface area contributed by atoms with Gasteiger partial charge in [-0.3, -0.25) is 14.4 Å². The third-order valence-electron chi connectivity index (χ3n) is 5.21. The molecule has 0 radical (unpaired) electrons. The summed E-state index contributed by atoms with van der Waals surface area (Å²) in [6.07, 6.45) is 1.68. The lowest BCUT2D eigenvalue weighted by molar-refractivity contribution is -0.142. The Morgan fingerprint density at radius 2 is 1.66 bits per heavy atom. The van der Waals surface area contributed by atoms with Crippen LogP contribution in [0.25, 0.3) is 0 Å². The number of carbonyl (C=O) groups is 4. The highest BCUT2D eigenvalue weighted by atomic mass is 35.5. The zero-order chi connectivity index (χ0) is 27.7. The molecule has 3 rings (SSSR count). The smallest absolute Gasteiger partial charge is 0.330 e. The van der Waals surface area contributed by atoms with E-state index in [1.54, 1.807) is 36.5 Å². The standard InChI is InChI=1S/C26H25Cl2N5O5/c1-15-9-10-29-21(11-15)32-17-6-3-5-16(12-17)24(35)31-14-22(34)30-13-20(26(37)38-2)33-25(36)23-18(27)7-4-8-19(23)28/h3-12,20H,13-14H2,1-2H3,(H,29,32)(H,30,34)(H,31,35)(H,33,36)/t20-/m0/s1. The number of aryl methyl sites for hydroxylation is 1. The van der Waals surface area contributed by atoms with E-state index in [-0.39, 0.29) is 28.7 Å². The molecule has 0 unspecified atom stereocenters. The normalized spacial score (nSPS) is 11.2. The number of pyridine rings is 1. The van der Waals surface area contributed by atoms with Crippen LogP contribution in [0.1, 0.15) is 26.3 Å². The van der Waals surface area contributed by atoms with Gasteiger partial charge in [-0.1, -0.05) is 35.3 Å². The fourth-order valence-electron chi connectivity index (χ4n) is 3.31. The Hall–Kier alpha value is -4.15. The predicted octanol–water partition coefficient (Wildman–Crippen LogP) is 3.26. The van der Waals surface area contributed by atoms with Gasteiger partial charge in [-0.15, -0.1) is 0 Å². The van der Waals surface area contributed by atoms with Crippen molar-refractivity contribution in [1.82, 2.24) is 20.9 Å². The summed E-state index contributed by atoms with van der Waals surface area (Å²) in [5.74, 6) is -1.94. The minimum atomic E-state index is -1.22. The second-order valence-electron chi connectivity index (χ2n) is 8.06. The van der Waals surface area contributed by atoms with Crippen molar-refractivity contribution < 1.29 is 23.9 Å². The van der Waals surface area contributed by atoms with Gasteiger partial charge in [0, 0.05) is 24.0 Å². The lowest BCUT2D eigenvalue weighted by atomic mass is 10.2. The average molecular weight is 558 g/mol. The molecule has 0 aliphatic rings. The molecule has 1 atom stereocenters. The van der Waals surface area contributed by atoms with E-state index in [2.05, 4.69) is 26.3 Å². The molecule has 10 nitrogen and oxygen atoms in total. The number of nitrogens with one attached hydrogen (secondary N) is 4. The summed E-state index contributed by atoms with van der Waals surface area (Å²) in [6, 6.07) is 13.7. The van der Waals surface area contributed by atoms with Gasteiger partial charge in [0.2, 0.25) is 5.91 Å². The predicted molar refractivity (Wildman–Crippen MR) is 144 cm³/mol. The Labute approximate surface area is 229 Å². The van der Waals surface area contributed by atoms with Gasteiger partial charge in [-0.25, -0.2) is 9.78 Å². The van der Waals surface area contributed by atoms with E-state index in [0.717, 1.165) is 12.7 Å². The molecule has 2 aromatic carbocycles. The number of methoxy groups -OCH3 is 1. The first-order valence-corrected chi connectivity index (χ1v) is 12.1. The van der Waals surface area contributed by atoms with Crippen LogP contribution in [0.2, 0.25) is 10.0 Å². The second-order valence-corrected chi connectivity index (χ2v) is 8.87. The first-order chi connectivity index (χ1) is 18.2. The van der Waals surface area contributed by atoms with Crippen LogP contribution in [0, 0.1) is 6.92 Å². The first-order valence-electron chi connectivity index (χ1n) is 11.3. The molecule has 0 saturated heterocycles. The van der Waals surface area contributed by atoms with Crippen molar-refractivity contribution in [3.63, 3.8) is 0 Å². The van der Waals surface area contributed by atoms with Gasteiger partial charge in [0.25, 0.3) is 11.8 Å². The third-order valence-corrected chi connectivity index (χ3v) is 5.84. The van der Waals surface area contributed by atoms with Gasteiger partial charge in [0.05, 0.1) is 29.3 Å². The Balaban J connectivity index is 1.54. The highest BCUT2D eigenvalue weighted by molar-refractivity contribution is 6.39. The van der Waals surface area contributed by atoms with Crippen molar-refractivity contribution in [2.75, 3.05) is 25.5 Å². The van der Waals surface area contributed by atoms with Gasteiger partial charge >= 0.3 is 5.97 Å². The highest BCUT2D eigenvalue weighted by Crippen LogP contribution is 2.24. The van der Waals surface area contributed by atoms with Gasteiger partial charge < -0.3 is 26.0 Å². The zero-order valence-electron chi connectivity index (χ0n) is 20.5. The van der Waals surface area contributed by atoms with Crippen LogP contribution in [-0.2, 0) is 14.3 Å². The number of hydrogen-bond donors (Lipinski definition) is 4. The topological polar surface area (TPSA) is 139 Å². The fraction of sp³-hybridized carbons (Fsp3) is 0.192. The van der Waals surface area contributed by atoms with Crippen LogP contribution < -0.4 is 21.3 Å². The SMILES string of the molecule is COC(=O)[C@H](CNC(=O)CNC(=O)c1cccc(Nc2cc(C)ccn2)c1)NC(=O)c1c(Cl)cccc1Cl. The van der Waals surface area contributed by atoms with Gasteiger partial charge in [0.15, 0.2) is 0 Å². The summed E-state index contributed by atoms with van der Waals surface area (Å²) in [6.45, 7) is 1.28. The van der Waals surface area contributed by atoms with E-state index in [1.807, 2.05) is 19.1 Å². The van der Waals surface area contributed by atoms with Crippen molar-refractivity contribution in [3.05, 3.63) is 87.5 Å². The number of rotatable bonds is 10. The molecule has 1 heterocycles. The number of anilines is 2. The number of halogens is 2. The molecule has 0 spiro atoms. The number of hydrogen-bond acceptors (Lipinski definition) is 7. The van der Waals surface area contributed by atoms with Crippen molar-refractivity contribution in [2.24, 2.45) is 0 Å². The van der Waals surface area contributed by atoms with E-state index in [9.17, 15) is 19.2 Å². The fourth-order valence-corrected chi connectivity index (χ4v) is 3.88. The Morgan fingerprint density at radius 3 is 2.34 bits per heavy atom. The number of ether oxygens (including phenoxy) is 1. The third kappa shape index (κ3) is 7.92. The molecule has 0 fully saturated rings. The van der Waals surface area contributed by atoms with Crippen LogP contribution in [-0.4, -0.2) is 54.9 Å². The number of benzene rings is 2. The quantitative estimate of drug-likeness (QED) is 0.280. The van der Waals surface area contributed by atoms with E-state index in [1.165, 1.54) is 12.1 Å². The van der Waals surface area contributed by atoms with Crippen molar-refractivity contribution in [1.29, 1.82) is 0 Å². The van der Waals surface area contributed by atoms with Crippen LogP contribution in [0.15, 0.2) is 60.8 Å². The maximum absolute atomic E-state index is 12.6. The molecule has 0 bridgehead atoms. The molecule has 198 valence electrons. The molecule has 0 aliphatic heterocycles. The van der Waals surface area contributed by atoms with Crippen molar-refractivity contribution >= 4 is 58.4 Å². The minimum Gasteiger partial charge on any atom is -0.467 e. The number of carbonyl (C=O) groups excluding carboxylic acids is 4. The number of aromatic nitrogens is 1. The van der Waals surface area contributed by atoms with E-state index in [4.69, 9.17) is 27.9 Å². The molecule has 4 N–H and O–H groups in total. The molecule has 1 aromatic heterocycles. The largest absolute Gasteiger partial charge is 0.467 e. The van der Waals surface area contributed by atoms with Crippen LogP contribution >= 0.6 is 23.2 Å². The van der Waals surface area contributed by atoms with Crippen LogP contribution in [0.4, 0.5) is 11.5 Å². The molecule has 3 aromatic rings. The molecule has 12 heteroatoms. The van der Waals surface area contributed by atoms with Crippen molar-refractivity contribution in [3.8, 4) is 0 Å². The molecule has 0 saturated carbocycles. The number of esters is 1.